The SMILES string of the molecule is O=C(O)CCn1cc(C(C(=O)O)N2CCN(c3ccccn3)CC2)c2ccc(F)cc21. The van der Waals surface area contributed by atoms with Crippen LogP contribution in [0.4, 0.5) is 10.2 Å². The van der Waals surface area contributed by atoms with Gasteiger partial charge in [-0.1, -0.05) is 6.07 Å². The van der Waals surface area contributed by atoms with Crippen LogP contribution in [0.15, 0.2) is 48.8 Å². The molecule has 2 aromatic heterocycles. The molecular weight excluding hydrogens is 403 g/mol. The van der Waals surface area contributed by atoms with Gasteiger partial charge in [-0.3, -0.25) is 14.5 Å². The lowest BCUT2D eigenvalue weighted by Crippen LogP contribution is -2.49. The van der Waals surface area contributed by atoms with Gasteiger partial charge in [0.05, 0.1) is 11.9 Å². The molecule has 4 rings (SSSR count). The van der Waals surface area contributed by atoms with E-state index in [4.69, 9.17) is 5.11 Å². The van der Waals surface area contributed by atoms with Crippen LogP contribution in [-0.2, 0) is 16.1 Å². The Labute approximate surface area is 178 Å². The number of carboxylic acid groups (broad SMARTS) is 2. The summed E-state index contributed by atoms with van der Waals surface area (Å²) < 4.78 is 15.5. The van der Waals surface area contributed by atoms with Gasteiger partial charge in [-0.15, -0.1) is 0 Å². The minimum atomic E-state index is -0.993. The Kier molecular flexibility index (Phi) is 5.85. The Bertz CT molecular complexity index is 1090. The number of halogens is 1. The zero-order valence-corrected chi connectivity index (χ0v) is 16.8. The topological polar surface area (TPSA) is 98.9 Å². The number of aliphatic carboxylic acids is 2. The quantitative estimate of drug-likeness (QED) is 0.599. The van der Waals surface area contributed by atoms with Crippen molar-refractivity contribution in [3.63, 3.8) is 0 Å². The first kappa shape index (κ1) is 20.8. The van der Waals surface area contributed by atoms with E-state index < -0.39 is 23.8 Å². The zero-order chi connectivity index (χ0) is 22.0. The van der Waals surface area contributed by atoms with E-state index in [-0.39, 0.29) is 13.0 Å². The number of carboxylic acids is 2. The van der Waals surface area contributed by atoms with E-state index in [2.05, 4.69) is 9.88 Å². The largest absolute Gasteiger partial charge is 0.481 e. The summed E-state index contributed by atoms with van der Waals surface area (Å²) in [6.07, 6.45) is 3.24. The summed E-state index contributed by atoms with van der Waals surface area (Å²) in [6.45, 7) is 2.45. The predicted molar refractivity (Wildman–Crippen MR) is 113 cm³/mol. The van der Waals surface area contributed by atoms with Crippen LogP contribution in [0.5, 0.6) is 0 Å². The number of anilines is 1. The average Bonchev–Trinajstić information content (AvgIpc) is 3.10. The Balaban J connectivity index is 1.63. The molecule has 9 heteroatoms. The molecule has 0 aliphatic carbocycles. The zero-order valence-electron chi connectivity index (χ0n) is 16.8. The van der Waals surface area contributed by atoms with Crippen molar-refractivity contribution in [3.8, 4) is 0 Å². The first-order valence-corrected chi connectivity index (χ1v) is 10.1. The van der Waals surface area contributed by atoms with Crippen LogP contribution >= 0.6 is 0 Å². The van der Waals surface area contributed by atoms with E-state index in [0.29, 0.717) is 42.6 Å². The number of piperazine rings is 1. The van der Waals surface area contributed by atoms with Crippen LogP contribution in [0.2, 0.25) is 0 Å². The normalized spacial score (nSPS) is 15.8. The first-order valence-electron chi connectivity index (χ1n) is 10.1. The summed E-state index contributed by atoms with van der Waals surface area (Å²) in [6, 6.07) is 8.96. The molecule has 3 heterocycles. The molecular formula is C22H23FN4O4. The van der Waals surface area contributed by atoms with Crippen molar-refractivity contribution < 1.29 is 24.2 Å². The molecule has 1 unspecified atom stereocenters. The molecule has 0 radical (unpaired) electrons. The highest BCUT2D eigenvalue weighted by atomic mass is 19.1. The molecule has 8 nitrogen and oxygen atoms in total. The smallest absolute Gasteiger partial charge is 0.325 e. The van der Waals surface area contributed by atoms with Crippen LogP contribution in [-0.4, -0.2) is 62.8 Å². The average molecular weight is 426 g/mol. The van der Waals surface area contributed by atoms with E-state index in [1.165, 1.54) is 12.1 Å². The Morgan fingerprint density at radius 1 is 1.10 bits per heavy atom. The third kappa shape index (κ3) is 4.36. The van der Waals surface area contributed by atoms with E-state index in [0.717, 1.165) is 5.82 Å². The highest BCUT2D eigenvalue weighted by Gasteiger charge is 2.33. The molecule has 0 saturated carbocycles. The molecule has 3 aromatic rings. The van der Waals surface area contributed by atoms with Crippen molar-refractivity contribution in [2.24, 2.45) is 0 Å². The van der Waals surface area contributed by atoms with Gasteiger partial charge in [-0.05, 0) is 30.3 Å². The summed E-state index contributed by atoms with van der Waals surface area (Å²) in [5, 5.41) is 19.7. The maximum absolute atomic E-state index is 13.9. The minimum Gasteiger partial charge on any atom is -0.481 e. The highest BCUT2D eigenvalue weighted by Crippen LogP contribution is 2.32. The molecule has 1 atom stereocenters. The fourth-order valence-electron chi connectivity index (χ4n) is 4.15. The number of aryl methyl sites for hydroxylation is 1. The first-order chi connectivity index (χ1) is 14.9. The maximum Gasteiger partial charge on any atom is 0.325 e. The second-order valence-electron chi connectivity index (χ2n) is 7.53. The highest BCUT2D eigenvalue weighted by molar-refractivity contribution is 5.90. The fraction of sp³-hybridized carbons (Fsp3) is 0.318. The van der Waals surface area contributed by atoms with Crippen LogP contribution in [0, 0.1) is 5.82 Å². The molecule has 1 saturated heterocycles. The fourth-order valence-corrected chi connectivity index (χ4v) is 4.15. The molecule has 0 amide bonds. The molecule has 1 fully saturated rings. The molecule has 0 bridgehead atoms. The van der Waals surface area contributed by atoms with E-state index >= 15 is 0 Å². The molecule has 0 spiro atoms. The van der Waals surface area contributed by atoms with Crippen molar-refractivity contribution in [2.45, 2.75) is 19.0 Å². The minimum absolute atomic E-state index is 0.134. The number of hydrogen-bond acceptors (Lipinski definition) is 5. The van der Waals surface area contributed by atoms with Gasteiger partial charge in [0.1, 0.15) is 17.7 Å². The number of pyridine rings is 1. The Hall–Kier alpha value is -3.46. The second kappa shape index (κ2) is 8.73. The maximum atomic E-state index is 13.9. The lowest BCUT2D eigenvalue weighted by molar-refractivity contribution is -0.143. The van der Waals surface area contributed by atoms with Crippen LogP contribution in [0.25, 0.3) is 10.9 Å². The second-order valence-corrected chi connectivity index (χ2v) is 7.53. The van der Waals surface area contributed by atoms with Gasteiger partial charge in [0.25, 0.3) is 0 Å². The molecule has 1 aliphatic heterocycles. The van der Waals surface area contributed by atoms with E-state index in [1.807, 2.05) is 23.1 Å². The number of rotatable bonds is 7. The monoisotopic (exact) mass is 426 g/mol. The number of nitrogens with zero attached hydrogens (tertiary/aromatic N) is 4. The predicted octanol–water partition coefficient (Wildman–Crippen LogP) is 2.60. The van der Waals surface area contributed by atoms with Crippen molar-refractivity contribution in [3.05, 3.63) is 60.2 Å². The Morgan fingerprint density at radius 2 is 1.87 bits per heavy atom. The standard InChI is InChI=1S/C22H23FN4O4/c23-15-4-5-16-17(14-27(18(16)13-15)8-6-20(28)29)21(22(30)31)26-11-9-25(10-12-26)19-3-1-2-7-24-19/h1-5,7,13-14,21H,6,8-12H2,(H,28,29)(H,30,31). The van der Waals surface area contributed by atoms with Crippen molar-refractivity contribution in [1.82, 2.24) is 14.5 Å². The van der Waals surface area contributed by atoms with Crippen molar-refractivity contribution in [2.75, 3.05) is 31.1 Å². The summed E-state index contributed by atoms with van der Waals surface area (Å²) in [5.41, 5.74) is 1.04. The number of aromatic nitrogens is 2. The van der Waals surface area contributed by atoms with Gasteiger partial charge in [0, 0.05) is 56.1 Å². The number of benzene rings is 1. The van der Waals surface area contributed by atoms with Gasteiger partial charge < -0.3 is 19.7 Å². The molecule has 2 N–H and O–H groups in total. The van der Waals surface area contributed by atoms with Gasteiger partial charge in [0.2, 0.25) is 0 Å². The lowest BCUT2D eigenvalue weighted by Gasteiger charge is -2.38. The van der Waals surface area contributed by atoms with Crippen LogP contribution in [0.3, 0.4) is 0 Å². The molecule has 162 valence electrons. The summed E-state index contributed by atoms with van der Waals surface area (Å²) >= 11 is 0. The van der Waals surface area contributed by atoms with Crippen molar-refractivity contribution >= 4 is 28.7 Å². The van der Waals surface area contributed by atoms with Crippen LogP contribution < -0.4 is 4.90 Å². The molecule has 1 aliphatic rings. The third-order valence-electron chi connectivity index (χ3n) is 5.62. The third-order valence-corrected chi connectivity index (χ3v) is 5.62. The van der Waals surface area contributed by atoms with E-state index in [9.17, 15) is 19.1 Å². The van der Waals surface area contributed by atoms with Gasteiger partial charge in [-0.25, -0.2) is 9.37 Å². The summed E-state index contributed by atoms with van der Waals surface area (Å²) in [5.74, 6) is -1.56. The number of carbonyl (C=O) groups is 2. The lowest BCUT2D eigenvalue weighted by atomic mass is 10.0. The van der Waals surface area contributed by atoms with Gasteiger partial charge >= 0.3 is 11.9 Å². The van der Waals surface area contributed by atoms with E-state index in [1.54, 1.807) is 23.0 Å². The summed E-state index contributed by atoms with van der Waals surface area (Å²) in [7, 11) is 0. The Morgan fingerprint density at radius 3 is 2.52 bits per heavy atom. The van der Waals surface area contributed by atoms with Crippen molar-refractivity contribution in [1.29, 1.82) is 0 Å². The molecule has 1 aromatic carbocycles. The van der Waals surface area contributed by atoms with Crippen LogP contribution in [0.1, 0.15) is 18.0 Å². The number of fused-ring (bicyclic) bond motifs is 1. The van der Waals surface area contributed by atoms with Gasteiger partial charge in [0.15, 0.2) is 0 Å². The number of hydrogen-bond donors (Lipinski definition) is 2. The van der Waals surface area contributed by atoms with Gasteiger partial charge in [-0.2, -0.15) is 0 Å². The summed E-state index contributed by atoms with van der Waals surface area (Å²) in [4.78, 5) is 31.7. The molecule has 31 heavy (non-hydrogen) atoms.